The Morgan fingerprint density at radius 3 is 2.47 bits per heavy atom. The number of carbonyl (C=O) groups excluding carboxylic acids is 2. The molecule has 30 heavy (non-hydrogen) atoms. The average molecular weight is 430 g/mol. The van der Waals surface area contributed by atoms with Gasteiger partial charge in [0.05, 0.1) is 29.3 Å². The van der Waals surface area contributed by atoms with Crippen LogP contribution in [0.4, 0.5) is 0 Å². The number of hydrogen-bond acceptors (Lipinski definition) is 5. The molecule has 3 rings (SSSR count). The molecule has 2 aromatic rings. The molecule has 0 spiro atoms. The molecule has 0 radical (unpaired) electrons. The predicted molar refractivity (Wildman–Crippen MR) is 115 cm³/mol. The number of ether oxygens (including phenoxy) is 1. The molecule has 0 aliphatic carbocycles. The zero-order chi connectivity index (χ0) is 22.0. The number of halogens is 1. The van der Waals surface area contributed by atoms with Crippen molar-refractivity contribution in [2.75, 3.05) is 13.7 Å². The number of Topliss-reactive ketones (excluding diaryl/α,β-unsaturated/α-hetero) is 1. The molecule has 0 aromatic heterocycles. The number of phenols is 1. The summed E-state index contributed by atoms with van der Waals surface area (Å²) in [6, 6.07) is 8.82. The molecule has 0 saturated carbocycles. The number of hydrogen-bond donors (Lipinski definition) is 2. The summed E-state index contributed by atoms with van der Waals surface area (Å²) in [7, 11) is 1.42. The fraction of sp³-hybridized carbons (Fsp3) is 0.304. The number of phenolic OH excluding ortho intramolecular Hbond substituents is 1. The second-order valence-corrected chi connectivity index (χ2v) is 7.67. The van der Waals surface area contributed by atoms with Gasteiger partial charge >= 0.3 is 0 Å². The Hall–Kier alpha value is -2.99. The van der Waals surface area contributed by atoms with E-state index in [1.807, 2.05) is 6.92 Å². The molecule has 2 aromatic carbocycles. The van der Waals surface area contributed by atoms with E-state index in [9.17, 15) is 19.8 Å². The van der Waals surface area contributed by atoms with E-state index in [1.165, 1.54) is 24.1 Å². The summed E-state index contributed by atoms with van der Waals surface area (Å²) >= 11 is 6.27. The Balaban J connectivity index is 2.25. The maximum absolute atomic E-state index is 13.0. The molecule has 1 amide bonds. The molecule has 1 atom stereocenters. The van der Waals surface area contributed by atoms with Gasteiger partial charge in [-0.25, -0.2) is 0 Å². The summed E-state index contributed by atoms with van der Waals surface area (Å²) in [5.41, 5.74) is 1.60. The van der Waals surface area contributed by atoms with Gasteiger partial charge in [-0.15, -0.1) is 0 Å². The van der Waals surface area contributed by atoms with E-state index >= 15 is 0 Å². The first-order valence-electron chi connectivity index (χ1n) is 9.72. The number of benzene rings is 2. The zero-order valence-corrected chi connectivity index (χ0v) is 17.9. The van der Waals surface area contributed by atoms with Gasteiger partial charge in [-0.3, -0.25) is 9.59 Å². The van der Waals surface area contributed by atoms with Crippen LogP contribution in [0.2, 0.25) is 5.02 Å². The van der Waals surface area contributed by atoms with Crippen LogP contribution in [0.5, 0.6) is 11.5 Å². The third-order valence-electron chi connectivity index (χ3n) is 5.15. The van der Waals surface area contributed by atoms with E-state index in [1.54, 1.807) is 31.2 Å². The zero-order valence-electron chi connectivity index (χ0n) is 17.1. The number of rotatable bonds is 6. The quantitative estimate of drug-likeness (QED) is 0.398. The largest absolute Gasteiger partial charge is 0.508 e. The van der Waals surface area contributed by atoms with E-state index in [0.29, 0.717) is 23.6 Å². The van der Waals surface area contributed by atoms with Crippen LogP contribution in [0, 0.1) is 6.92 Å². The fourth-order valence-electron chi connectivity index (χ4n) is 3.70. The van der Waals surface area contributed by atoms with Gasteiger partial charge in [0.15, 0.2) is 0 Å². The van der Waals surface area contributed by atoms with Crippen LogP contribution in [0.25, 0.3) is 5.76 Å². The lowest BCUT2D eigenvalue weighted by Gasteiger charge is -2.25. The Kier molecular flexibility index (Phi) is 6.37. The van der Waals surface area contributed by atoms with Crippen molar-refractivity contribution in [3.05, 3.63) is 63.7 Å². The number of nitrogens with zero attached hydrogens (tertiary/aromatic N) is 1. The first-order chi connectivity index (χ1) is 14.3. The third-order valence-corrected chi connectivity index (χ3v) is 5.43. The SMILES string of the molecule is CCCCN1C(=O)C(=O)/C(=C(/O)c2cc(C)cc(Cl)c2OC)C1c1ccc(O)cc1. The van der Waals surface area contributed by atoms with Crippen molar-refractivity contribution in [3.8, 4) is 11.5 Å². The fourth-order valence-corrected chi connectivity index (χ4v) is 4.05. The minimum absolute atomic E-state index is 0.0261. The summed E-state index contributed by atoms with van der Waals surface area (Å²) in [6.07, 6.45) is 1.55. The number of aromatic hydroxyl groups is 1. The van der Waals surface area contributed by atoms with Crippen molar-refractivity contribution in [1.29, 1.82) is 0 Å². The van der Waals surface area contributed by atoms with Gasteiger partial charge in [0.2, 0.25) is 0 Å². The van der Waals surface area contributed by atoms with Crippen molar-refractivity contribution in [2.24, 2.45) is 0 Å². The minimum Gasteiger partial charge on any atom is -0.508 e. The molecule has 1 unspecified atom stereocenters. The smallest absolute Gasteiger partial charge is 0.295 e. The number of amides is 1. The highest BCUT2D eigenvalue weighted by Crippen LogP contribution is 2.43. The summed E-state index contributed by atoms with van der Waals surface area (Å²) in [4.78, 5) is 27.3. The molecule has 158 valence electrons. The van der Waals surface area contributed by atoms with Crippen molar-refractivity contribution >= 4 is 29.1 Å². The van der Waals surface area contributed by atoms with Gasteiger partial charge in [-0.2, -0.15) is 0 Å². The van der Waals surface area contributed by atoms with Crippen LogP contribution in [0.15, 0.2) is 42.0 Å². The second-order valence-electron chi connectivity index (χ2n) is 7.27. The first-order valence-corrected chi connectivity index (χ1v) is 10.1. The highest BCUT2D eigenvalue weighted by atomic mass is 35.5. The van der Waals surface area contributed by atoms with Crippen LogP contribution in [0.1, 0.15) is 42.5 Å². The lowest BCUT2D eigenvalue weighted by molar-refractivity contribution is -0.139. The van der Waals surface area contributed by atoms with Gasteiger partial charge in [-0.05, 0) is 48.7 Å². The molecule has 1 saturated heterocycles. The normalized spacial score (nSPS) is 18.1. The summed E-state index contributed by atoms with van der Waals surface area (Å²) in [5.74, 6) is -1.48. The molecule has 2 N–H and O–H groups in total. The van der Waals surface area contributed by atoms with Gasteiger partial charge in [0.1, 0.15) is 17.3 Å². The molecule has 7 heteroatoms. The highest BCUT2D eigenvalue weighted by Gasteiger charge is 2.46. The lowest BCUT2D eigenvalue weighted by Crippen LogP contribution is -2.30. The van der Waals surface area contributed by atoms with Crippen LogP contribution < -0.4 is 4.74 Å². The van der Waals surface area contributed by atoms with E-state index in [2.05, 4.69) is 0 Å². The molecular weight excluding hydrogens is 406 g/mol. The number of aliphatic hydroxyl groups excluding tert-OH is 1. The van der Waals surface area contributed by atoms with Crippen molar-refractivity contribution in [3.63, 3.8) is 0 Å². The minimum atomic E-state index is -0.777. The number of aliphatic hydroxyl groups is 1. The lowest BCUT2D eigenvalue weighted by atomic mass is 9.94. The topological polar surface area (TPSA) is 87.1 Å². The van der Waals surface area contributed by atoms with Crippen molar-refractivity contribution < 1.29 is 24.5 Å². The molecular formula is C23H24ClNO5. The number of aryl methyl sites for hydroxylation is 1. The van der Waals surface area contributed by atoms with Crippen LogP contribution in [-0.4, -0.2) is 40.5 Å². The van der Waals surface area contributed by atoms with E-state index in [0.717, 1.165) is 12.0 Å². The maximum atomic E-state index is 13.0. The van der Waals surface area contributed by atoms with Crippen LogP contribution in [-0.2, 0) is 9.59 Å². The van der Waals surface area contributed by atoms with E-state index in [4.69, 9.17) is 16.3 Å². The van der Waals surface area contributed by atoms with Gasteiger partial charge < -0.3 is 19.8 Å². The molecule has 1 heterocycles. The van der Waals surface area contributed by atoms with Gasteiger partial charge in [0, 0.05) is 6.54 Å². The molecule has 1 fully saturated rings. The Bertz CT molecular complexity index is 1010. The Morgan fingerprint density at radius 2 is 1.87 bits per heavy atom. The third kappa shape index (κ3) is 3.87. The van der Waals surface area contributed by atoms with E-state index < -0.39 is 17.7 Å². The number of carbonyl (C=O) groups is 2. The summed E-state index contributed by atoms with van der Waals surface area (Å²) in [6.45, 7) is 4.17. The number of ketones is 1. The van der Waals surface area contributed by atoms with Crippen LogP contribution >= 0.6 is 11.6 Å². The predicted octanol–water partition coefficient (Wildman–Crippen LogP) is 4.58. The Morgan fingerprint density at radius 1 is 1.20 bits per heavy atom. The summed E-state index contributed by atoms with van der Waals surface area (Å²) < 4.78 is 5.35. The van der Waals surface area contributed by atoms with E-state index in [-0.39, 0.29) is 28.4 Å². The molecule has 0 bridgehead atoms. The number of likely N-dealkylation sites (tertiary alicyclic amines) is 1. The second kappa shape index (κ2) is 8.79. The van der Waals surface area contributed by atoms with Gasteiger partial charge in [-0.1, -0.05) is 37.1 Å². The van der Waals surface area contributed by atoms with Gasteiger partial charge in [0.25, 0.3) is 11.7 Å². The monoisotopic (exact) mass is 429 g/mol. The molecule has 6 nitrogen and oxygen atoms in total. The molecule has 1 aliphatic rings. The standard InChI is InChI=1S/C23H24ClNO5/c1-4-5-10-25-19(14-6-8-15(26)9-7-14)18(21(28)23(25)29)20(27)16-11-13(2)12-17(24)22(16)30-3/h6-9,11-12,19,26-27H,4-5,10H2,1-3H3/b20-18+. The Labute approximate surface area is 180 Å². The van der Waals surface area contributed by atoms with Crippen LogP contribution in [0.3, 0.4) is 0 Å². The number of methoxy groups -OCH3 is 1. The number of unbranched alkanes of at least 4 members (excludes halogenated alkanes) is 1. The van der Waals surface area contributed by atoms with Crippen molar-refractivity contribution in [1.82, 2.24) is 4.90 Å². The average Bonchev–Trinajstić information content (AvgIpc) is 2.96. The highest BCUT2D eigenvalue weighted by molar-refractivity contribution is 6.46. The summed E-state index contributed by atoms with van der Waals surface area (Å²) in [5, 5.41) is 21.1. The molecule has 1 aliphatic heterocycles. The maximum Gasteiger partial charge on any atom is 0.295 e. The first kappa shape index (κ1) is 21.7. The van der Waals surface area contributed by atoms with Crippen molar-refractivity contribution in [2.45, 2.75) is 32.7 Å².